The number of carbonyl (C=O) groups is 2. The molecule has 1 saturated heterocycles. The number of imide groups is 1. The Balaban J connectivity index is 1.62. The van der Waals surface area contributed by atoms with E-state index >= 15 is 0 Å². The van der Waals surface area contributed by atoms with Gasteiger partial charge in [0.2, 0.25) is 5.95 Å². The molecule has 33 heavy (non-hydrogen) atoms. The highest BCUT2D eigenvalue weighted by Gasteiger charge is 2.54. The van der Waals surface area contributed by atoms with Crippen LogP contribution in [0.15, 0.2) is 48.5 Å². The van der Waals surface area contributed by atoms with Gasteiger partial charge < -0.3 is 14.5 Å². The van der Waals surface area contributed by atoms with Crippen LogP contribution in [0.2, 0.25) is 0 Å². The van der Waals surface area contributed by atoms with Gasteiger partial charge >= 0.3 is 6.03 Å². The van der Waals surface area contributed by atoms with E-state index in [9.17, 15) is 9.59 Å². The molecule has 1 fully saturated rings. The molecule has 2 aliphatic rings. The highest BCUT2D eigenvalue weighted by atomic mass is 16.5. The zero-order chi connectivity index (χ0) is 23.3. The zero-order valence-corrected chi connectivity index (χ0v) is 19.1. The van der Waals surface area contributed by atoms with Crippen molar-refractivity contribution < 1.29 is 14.3 Å². The van der Waals surface area contributed by atoms with Gasteiger partial charge in [-0.2, -0.15) is 0 Å². The fourth-order valence-corrected chi connectivity index (χ4v) is 4.64. The summed E-state index contributed by atoms with van der Waals surface area (Å²) in [5.41, 5.74) is 3.05. The van der Waals surface area contributed by atoms with Crippen molar-refractivity contribution in [2.75, 3.05) is 25.6 Å². The van der Waals surface area contributed by atoms with E-state index in [1.807, 2.05) is 71.8 Å². The van der Waals surface area contributed by atoms with Crippen molar-refractivity contribution in [1.29, 1.82) is 0 Å². The Labute approximate surface area is 192 Å². The first-order valence-corrected chi connectivity index (χ1v) is 11.0. The number of carbonyl (C=O) groups excluding carboxylic acids is 2. The lowest BCUT2D eigenvalue weighted by atomic mass is 10.1. The minimum Gasteiger partial charge on any atom is -0.494 e. The van der Waals surface area contributed by atoms with E-state index < -0.39 is 12.2 Å². The number of aromatic nitrogens is 3. The lowest BCUT2D eigenvalue weighted by Gasteiger charge is -2.40. The average molecular weight is 447 g/mol. The van der Waals surface area contributed by atoms with Gasteiger partial charge in [-0.05, 0) is 49.2 Å². The molecule has 0 N–H and O–H groups in total. The van der Waals surface area contributed by atoms with Gasteiger partial charge in [0.05, 0.1) is 6.61 Å². The summed E-state index contributed by atoms with van der Waals surface area (Å²) < 4.78 is 7.46. The summed E-state index contributed by atoms with van der Waals surface area (Å²) in [6.07, 6.45) is -0.545. The normalized spacial score (nSPS) is 19.7. The van der Waals surface area contributed by atoms with Gasteiger partial charge in [0, 0.05) is 26.2 Å². The molecule has 3 amide bonds. The number of urea groups is 1. The number of amides is 3. The van der Waals surface area contributed by atoms with Gasteiger partial charge in [-0.25, -0.2) is 4.79 Å². The molecule has 170 valence electrons. The Bertz CT molecular complexity index is 1220. The Morgan fingerprint density at radius 1 is 1.00 bits per heavy atom. The quantitative estimate of drug-likeness (QED) is 0.599. The fraction of sp³-hybridized carbons (Fsp3) is 0.333. The van der Waals surface area contributed by atoms with Crippen LogP contribution in [0.3, 0.4) is 0 Å². The van der Waals surface area contributed by atoms with E-state index in [1.165, 1.54) is 11.9 Å². The van der Waals surface area contributed by atoms with Crippen LogP contribution < -0.4 is 9.64 Å². The van der Waals surface area contributed by atoms with Crippen LogP contribution in [0.4, 0.5) is 10.7 Å². The predicted molar refractivity (Wildman–Crippen MR) is 123 cm³/mol. The average Bonchev–Trinajstić information content (AvgIpc) is 3.37. The summed E-state index contributed by atoms with van der Waals surface area (Å²) in [6, 6.07) is 14.7. The highest BCUT2D eigenvalue weighted by molar-refractivity contribution is 6.02. The first-order valence-electron chi connectivity index (χ1n) is 11.0. The molecule has 1 aromatic heterocycles. The summed E-state index contributed by atoms with van der Waals surface area (Å²) in [6.45, 7) is 5.05. The van der Waals surface area contributed by atoms with Gasteiger partial charge in [-0.3, -0.25) is 14.3 Å². The molecule has 9 nitrogen and oxygen atoms in total. The molecule has 0 bridgehead atoms. The summed E-state index contributed by atoms with van der Waals surface area (Å²) in [5.74, 6) is 1.69. The summed E-state index contributed by atoms with van der Waals surface area (Å²) in [4.78, 5) is 30.9. The van der Waals surface area contributed by atoms with Gasteiger partial charge in [0.1, 0.15) is 11.9 Å². The molecule has 3 heterocycles. The molecule has 9 heteroatoms. The van der Waals surface area contributed by atoms with E-state index in [2.05, 4.69) is 10.2 Å². The molecular weight excluding hydrogens is 420 g/mol. The smallest absolute Gasteiger partial charge is 0.327 e. The van der Waals surface area contributed by atoms with Crippen molar-refractivity contribution in [1.82, 2.24) is 24.6 Å². The van der Waals surface area contributed by atoms with Crippen LogP contribution in [0.5, 0.6) is 5.75 Å². The van der Waals surface area contributed by atoms with Gasteiger partial charge in [0.25, 0.3) is 5.91 Å². The number of rotatable bonds is 5. The second-order valence-electron chi connectivity index (χ2n) is 8.35. The Morgan fingerprint density at radius 2 is 1.73 bits per heavy atom. The molecule has 2 aliphatic heterocycles. The van der Waals surface area contributed by atoms with E-state index in [1.54, 1.807) is 11.9 Å². The van der Waals surface area contributed by atoms with Crippen molar-refractivity contribution in [3.05, 3.63) is 59.7 Å². The molecule has 0 radical (unpaired) electrons. The van der Waals surface area contributed by atoms with Crippen LogP contribution in [0.1, 0.15) is 24.2 Å². The number of ether oxygens (including phenoxy) is 1. The van der Waals surface area contributed by atoms with Gasteiger partial charge in [-0.1, -0.05) is 24.3 Å². The zero-order valence-electron chi connectivity index (χ0n) is 19.1. The molecule has 0 aliphatic carbocycles. The summed E-state index contributed by atoms with van der Waals surface area (Å²) >= 11 is 0. The van der Waals surface area contributed by atoms with Crippen molar-refractivity contribution in [2.45, 2.75) is 32.6 Å². The molecule has 0 saturated carbocycles. The van der Waals surface area contributed by atoms with Crippen LogP contribution in [-0.2, 0) is 11.3 Å². The third-order valence-corrected chi connectivity index (χ3v) is 6.41. The van der Waals surface area contributed by atoms with E-state index in [0.29, 0.717) is 24.9 Å². The molecule has 3 aromatic rings. The van der Waals surface area contributed by atoms with Crippen LogP contribution in [0.25, 0.3) is 11.4 Å². The van der Waals surface area contributed by atoms with Crippen LogP contribution >= 0.6 is 0 Å². The van der Waals surface area contributed by atoms with E-state index in [-0.39, 0.29) is 11.9 Å². The first kappa shape index (κ1) is 21.0. The van der Waals surface area contributed by atoms with Crippen molar-refractivity contribution >= 4 is 17.9 Å². The van der Waals surface area contributed by atoms with Crippen molar-refractivity contribution in [3.8, 4) is 17.1 Å². The lowest BCUT2D eigenvalue weighted by Crippen LogP contribution is -2.61. The molecule has 2 unspecified atom stereocenters. The van der Waals surface area contributed by atoms with Gasteiger partial charge in [-0.15, -0.1) is 10.2 Å². The number of benzene rings is 2. The maximum absolute atomic E-state index is 13.3. The maximum Gasteiger partial charge on any atom is 0.327 e. The number of anilines is 1. The van der Waals surface area contributed by atoms with Crippen LogP contribution in [0, 0.1) is 6.92 Å². The molecular formula is C24H26N6O3. The van der Waals surface area contributed by atoms with Gasteiger partial charge in [0.15, 0.2) is 11.9 Å². The topological polar surface area (TPSA) is 83.8 Å². The molecule has 2 aromatic carbocycles. The third-order valence-electron chi connectivity index (χ3n) is 6.41. The molecule has 5 rings (SSSR count). The number of hydrogen-bond acceptors (Lipinski definition) is 6. The second kappa shape index (κ2) is 7.91. The van der Waals surface area contributed by atoms with E-state index in [0.717, 1.165) is 22.4 Å². The Hall–Kier alpha value is -3.88. The SMILES string of the molecule is CCOc1ccc(-c2nnc3n2C2C(C(=O)N(C)C(=O)N2C)N3Cc2ccccc2C)cc1. The monoisotopic (exact) mass is 446 g/mol. The number of aryl methyl sites for hydroxylation is 1. The van der Waals surface area contributed by atoms with Crippen molar-refractivity contribution in [2.24, 2.45) is 0 Å². The second-order valence-corrected chi connectivity index (χ2v) is 8.35. The standard InChI is InChI=1S/C24H26N6O3/c1-5-33-18-12-10-16(11-13-18)20-25-26-23-29(14-17-9-7-6-8-15(17)2)19-21(30(20)23)27(3)24(32)28(4)22(19)31/h6-13,19,21H,5,14H2,1-4H3. The minimum atomic E-state index is -0.593. The third kappa shape index (κ3) is 3.23. The summed E-state index contributed by atoms with van der Waals surface area (Å²) in [7, 11) is 3.24. The molecule has 0 spiro atoms. The summed E-state index contributed by atoms with van der Waals surface area (Å²) in [5, 5.41) is 8.94. The maximum atomic E-state index is 13.3. The Morgan fingerprint density at radius 3 is 2.42 bits per heavy atom. The Kier molecular flexibility index (Phi) is 5.03. The molecule has 2 atom stereocenters. The number of nitrogens with zero attached hydrogens (tertiary/aromatic N) is 6. The largest absolute Gasteiger partial charge is 0.494 e. The number of fused-ring (bicyclic) bond motifs is 3. The fourth-order valence-electron chi connectivity index (χ4n) is 4.64. The lowest BCUT2D eigenvalue weighted by molar-refractivity contribution is -0.133. The predicted octanol–water partition coefficient (Wildman–Crippen LogP) is 3.06. The number of likely N-dealkylation sites (N-methyl/N-ethyl adjacent to an activating group) is 2. The van der Waals surface area contributed by atoms with Crippen molar-refractivity contribution in [3.63, 3.8) is 0 Å². The van der Waals surface area contributed by atoms with Crippen LogP contribution in [-0.4, -0.2) is 63.2 Å². The number of hydrogen-bond donors (Lipinski definition) is 0. The van der Waals surface area contributed by atoms with E-state index in [4.69, 9.17) is 4.74 Å². The first-order chi connectivity index (χ1) is 15.9. The minimum absolute atomic E-state index is 0.250. The highest BCUT2D eigenvalue weighted by Crippen LogP contribution is 2.43.